The van der Waals surface area contributed by atoms with E-state index in [-0.39, 0.29) is 16.5 Å². The van der Waals surface area contributed by atoms with E-state index < -0.39 is 27.8 Å². The number of carbonyl (C=O) groups is 1. The van der Waals surface area contributed by atoms with Crippen LogP contribution in [0.25, 0.3) is 10.9 Å². The van der Waals surface area contributed by atoms with Crippen LogP contribution in [0.2, 0.25) is 0 Å². The predicted molar refractivity (Wildman–Crippen MR) is 110 cm³/mol. The largest absolute Gasteiger partial charge is 0.325 e. The van der Waals surface area contributed by atoms with E-state index in [0.717, 1.165) is 0 Å². The van der Waals surface area contributed by atoms with Crippen molar-refractivity contribution in [1.82, 2.24) is 9.71 Å². The number of rotatable bonds is 6. The van der Waals surface area contributed by atoms with Crippen molar-refractivity contribution in [3.63, 3.8) is 0 Å². The molecule has 1 atom stereocenters. The molecule has 0 aliphatic carbocycles. The van der Waals surface area contributed by atoms with Gasteiger partial charge in [0.1, 0.15) is 16.8 Å². The fourth-order valence-corrected chi connectivity index (χ4v) is 4.43. The lowest BCUT2D eigenvalue weighted by Gasteiger charge is -2.22. The maximum absolute atomic E-state index is 13.8. The topological polar surface area (TPSA) is 88.2 Å². The van der Waals surface area contributed by atoms with E-state index in [1.54, 1.807) is 57.2 Å². The minimum atomic E-state index is -4.03. The number of carbonyl (C=O) groups excluding carboxylic acids is 1. The van der Waals surface area contributed by atoms with E-state index >= 15 is 0 Å². The lowest BCUT2D eigenvalue weighted by Crippen LogP contribution is -2.47. The van der Waals surface area contributed by atoms with Gasteiger partial charge in [0.25, 0.3) is 0 Å². The lowest BCUT2D eigenvalue weighted by molar-refractivity contribution is -0.118. The Morgan fingerprint density at radius 3 is 2.52 bits per heavy atom. The Morgan fingerprint density at radius 1 is 1.10 bits per heavy atom. The summed E-state index contributed by atoms with van der Waals surface area (Å²) in [5.41, 5.74) is 1.04. The van der Waals surface area contributed by atoms with Crippen molar-refractivity contribution >= 4 is 32.5 Å². The Hall–Kier alpha value is -2.84. The standard InChI is InChI=1S/C21H22FN3O3S/c1-13(2)19(21(26)24-16-10-9-14(3)17(22)12-16)25-29(27,28)18-8-4-6-15-7-5-11-23-20(15)18/h4-13,19,25H,1-3H3,(H,24,26). The van der Waals surface area contributed by atoms with Crippen LogP contribution < -0.4 is 10.0 Å². The highest BCUT2D eigenvalue weighted by molar-refractivity contribution is 7.89. The van der Waals surface area contributed by atoms with Crippen LogP contribution in [-0.2, 0) is 14.8 Å². The minimum Gasteiger partial charge on any atom is -0.325 e. The summed E-state index contributed by atoms with van der Waals surface area (Å²) in [6.07, 6.45) is 1.51. The number of amides is 1. The van der Waals surface area contributed by atoms with Gasteiger partial charge in [0.05, 0.1) is 5.52 Å². The zero-order chi connectivity index (χ0) is 21.2. The fourth-order valence-electron chi connectivity index (χ4n) is 2.91. The molecule has 152 valence electrons. The molecule has 3 rings (SSSR count). The number of anilines is 1. The van der Waals surface area contributed by atoms with E-state index in [0.29, 0.717) is 16.5 Å². The Labute approximate surface area is 169 Å². The van der Waals surface area contributed by atoms with E-state index in [1.165, 1.54) is 18.3 Å². The minimum absolute atomic E-state index is 0.00423. The molecule has 2 aromatic carbocycles. The molecule has 1 amide bonds. The molecule has 8 heteroatoms. The molecule has 1 heterocycles. The third kappa shape index (κ3) is 4.60. The number of aryl methyl sites for hydroxylation is 1. The third-order valence-corrected chi connectivity index (χ3v) is 6.03. The summed E-state index contributed by atoms with van der Waals surface area (Å²) in [6, 6.07) is 11.6. The summed E-state index contributed by atoms with van der Waals surface area (Å²) in [5.74, 6) is -1.37. The molecule has 1 aromatic heterocycles. The van der Waals surface area contributed by atoms with E-state index in [4.69, 9.17) is 0 Å². The van der Waals surface area contributed by atoms with E-state index in [9.17, 15) is 17.6 Å². The second kappa shape index (κ2) is 8.26. The van der Waals surface area contributed by atoms with Crippen LogP contribution in [0, 0.1) is 18.7 Å². The van der Waals surface area contributed by atoms with Crippen molar-refractivity contribution in [1.29, 1.82) is 0 Å². The van der Waals surface area contributed by atoms with Crippen LogP contribution in [-0.4, -0.2) is 25.4 Å². The molecule has 6 nitrogen and oxygen atoms in total. The second-order valence-electron chi connectivity index (χ2n) is 7.13. The van der Waals surface area contributed by atoms with Gasteiger partial charge in [0, 0.05) is 17.3 Å². The van der Waals surface area contributed by atoms with Gasteiger partial charge in [-0.2, -0.15) is 4.72 Å². The van der Waals surface area contributed by atoms with Crippen LogP contribution in [0.5, 0.6) is 0 Å². The van der Waals surface area contributed by atoms with Gasteiger partial charge in [0.15, 0.2) is 0 Å². The van der Waals surface area contributed by atoms with Gasteiger partial charge in [0.2, 0.25) is 15.9 Å². The Bertz CT molecular complexity index is 1160. The number of sulfonamides is 1. The number of nitrogens with zero attached hydrogens (tertiary/aromatic N) is 1. The Balaban J connectivity index is 1.89. The number of hydrogen-bond acceptors (Lipinski definition) is 4. The second-order valence-corrected chi connectivity index (χ2v) is 8.81. The Morgan fingerprint density at radius 2 is 1.83 bits per heavy atom. The molecule has 0 aliphatic rings. The molecule has 0 saturated carbocycles. The number of fused-ring (bicyclic) bond motifs is 1. The van der Waals surface area contributed by atoms with E-state index in [1.807, 2.05) is 0 Å². The SMILES string of the molecule is Cc1ccc(NC(=O)C(NS(=O)(=O)c2cccc3cccnc23)C(C)C)cc1F. The van der Waals surface area contributed by atoms with Gasteiger partial charge < -0.3 is 5.32 Å². The third-order valence-electron chi connectivity index (χ3n) is 4.56. The number of hydrogen-bond donors (Lipinski definition) is 2. The van der Waals surface area contributed by atoms with Crippen molar-refractivity contribution in [2.24, 2.45) is 5.92 Å². The maximum atomic E-state index is 13.8. The molecule has 0 radical (unpaired) electrons. The van der Waals surface area contributed by atoms with Crippen molar-refractivity contribution in [2.45, 2.75) is 31.7 Å². The summed E-state index contributed by atoms with van der Waals surface area (Å²) >= 11 is 0. The molecule has 0 spiro atoms. The summed E-state index contributed by atoms with van der Waals surface area (Å²) in [7, 11) is -4.03. The molecular weight excluding hydrogens is 393 g/mol. The van der Waals surface area contributed by atoms with Crippen molar-refractivity contribution < 1.29 is 17.6 Å². The maximum Gasteiger partial charge on any atom is 0.243 e. The molecular formula is C21H22FN3O3S. The van der Waals surface area contributed by atoms with Gasteiger partial charge in [-0.3, -0.25) is 9.78 Å². The van der Waals surface area contributed by atoms with Gasteiger partial charge in [-0.25, -0.2) is 12.8 Å². The first-order valence-corrected chi connectivity index (χ1v) is 10.6. The molecule has 2 N–H and O–H groups in total. The first kappa shape index (κ1) is 20.9. The molecule has 0 saturated heterocycles. The quantitative estimate of drug-likeness (QED) is 0.644. The molecule has 1 unspecified atom stereocenters. The lowest BCUT2D eigenvalue weighted by atomic mass is 10.0. The van der Waals surface area contributed by atoms with Crippen LogP contribution in [0.3, 0.4) is 0 Å². The average molecular weight is 415 g/mol. The van der Waals surface area contributed by atoms with Gasteiger partial charge >= 0.3 is 0 Å². The highest BCUT2D eigenvalue weighted by Crippen LogP contribution is 2.22. The monoisotopic (exact) mass is 415 g/mol. The predicted octanol–water partition coefficient (Wildman–Crippen LogP) is 3.62. The number of pyridine rings is 1. The first-order chi connectivity index (χ1) is 13.7. The average Bonchev–Trinajstić information content (AvgIpc) is 2.68. The first-order valence-electron chi connectivity index (χ1n) is 9.12. The van der Waals surface area contributed by atoms with Crippen molar-refractivity contribution in [3.05, 3.63) is 66.1 Å². The molecule has 0 aliphatic heterocycles. The fraction of sp³-hybridized carbons (Fsp3) is 0.238. The highest BCUT2D eigenvalue weighted by Gasteiger charge is 2.29. The smallest absolute Gasteiger partial charge is 0.243 e. The van der Waals surface area contributed by atoms with Crippen LogP contribution in [0.1, 0.15) is 19.4 Å². The highest BCUT2D eigenvalue weighted by atomic mass is 32.2. The normalized spacial score (nSPS) is 12.9. The number of nitrogens with one attached hydrogen (secondary N) is 2. The van der Waals surface area contributed by atoms with E-state index in [2.05, 4.69) is 15.0 Å². The van der Waals surface area contributed by atoms with Crippen molar-refractivity contribution in [2.75, 3.05) is 5.32 Å². The summed E-state index contributed by atoms with van der Waals surface area (Å²) in [6.45, 7) is 5.07. The van der Waals surface area contributed by atoms with Gasteiger partial charge in [-0.15, -0.1) is 0 Å². The van der Waals surface area contributed by atoms with Crippen LogP contribution in [0.15, 0.2) is 59.6 Å². The summed E-state index contributed by atoms with van der Waals surface area (Å²) < 4.78 is 42.3. The zero-order valence-corrected chi connectivity index (χ0v) is 17.1. The number of aromatic nitrogens is 1. The molecule has 0 bridgehead atoms. The summed E-state index contributed by atoms with van der Waals surface area (Å²) in [4.78, 5) is 16.9. The number of para-hydroxylation sites is 1. The summed E-state index contributed by atoms with van der Waals surface area (Å²) in [5, 5.41) is 3.26. The molecule has 0 fully saturated rings. The van der Waals surface area contributed by atoms with Crippen molar-refractivity contribution in [3.8, 4) is 0 Å². The van der Waals surface area contributed by atoms with Crippen LogP contribution >= 0.6 is 0 Å². The van der Waals surface area contributed by atoms with Crippen LogP contribution in [0.4, 0.5) is 10.1 Å². The molecule has 3 aromatic rings. The zero-order valence-electron chi connectivity index (χ0n) is 16.3. The number of halogens is 1. The van der Waals surface area contributed by atoms with Gasteiger partial charge in [-0.1, -0.05) is 38.1 Å². The van der Waals surface area contributed by atoms with Gasteiger partial charge in [-0.05, 0) is 42.7 Å². The Kier molecular flexibility index (Phi) is 5.95. The molecule has 29 heavy (non-hydrogen) atoms. The number of benzene rings is 2.